The molecule has 4 nitrogen and oxygen atoms in total. The zero-order chi connectivity index (χ0) is 12.3. The minimum absolute atomic E-state index is 0.267. The predicted molar refractivity (Wildman–Crippen MR) is 69.9 cm³/mol. The van der Waals surface area contributed by atoms with Crippen LogP contribution in [0.1, 0.15) is 31.5 Å². The van der Waals surface area contributed by atoms with Crippen LogP contribution in [0.2, 0.25) is 0 Å². The summed E-state index contributed by atoms with van der Waals surface area (Å²) in [6.07, 6.45) is 1.77. The summed E-state index contributed by atoms with van der Waals surface area (Å²) < 4.78 is 6.12. The molecule has 90 valence electrons. The molecule has 6 heteroatoms. The highest BCUT2D eigenvalue weighted by atomic mass is 79.9. The SMILES string of the molecule is CC(C)c1nc(CSc2ncccc2Br)no1. The average molecular weight is 314 g/mol. The molecular weight excluding hydrogens is 302 g/mol. The topological polar surface area (TPSA) is 51.8 Å². The van der Waals surface area contributed by atoms with E-state index in [4.69, 9.17) is 4.52 Å². The zero-order valence-corrected chi connectivity index (χ0v) is 12.0. The van der Waals surface area contributed by atoms with Gasteiger partial charge in [-0.1, -0.05) is 30.8 Å². The Labute approximate surface area is 112 Å². The van der Waals surface area contributed by atoms with E-state index >= 15 is 0 Å². The van der Waals surface area contributed by atoms with Gasteiger partial charge in [-0.2, -0.15) is 4.98 Å². The summed E-state index contributed by atoms with van der Waals surface area (Å²) >= 11 is 5.03. The first kappa shape index (κ1) is 12.6. The van der Waals surface area contributed by atoms with Gasteiger partial charge in [0.05, 0.1) is 5.75 Å². The molecule has 0 aliphatic heterocycles. The summed E-state index contributed by atoms with van der Waals surface area (Å²) in [5.41, 5.74) is 0. The fraction of sp³-hybridized carbons (Fsp3) is 0.364. The number of hydrogen-bond donors (Lipinski definition) is 0. The Kier molecular flexibility index (Phi) is 4.17. The second-order valence-electron chi connectivity index (χ2n) is 3.78. The van der Waals surface area contributed by atoms with Crippen molar-refractivity contribution in [2.45, 2.75) is 30.5 Å². The van der Waals surface area contributed by atoms with Gasteiger partial charge in [-0.15, -0.1) is 0 Å². The van der Waals surface area contributed by atoms with Crippen molar-refractivity contribution in [1.29, 1.82) is 0 Å². The normalized spacial score (nSPS) is 11.1. The van der Waals surface area contributed by atoms with E-state index in [1.807, 2.05) is 26.0 Å². The fourth-order valence-electron chi connectivity index (χ4n) is 1.17. The lowest BCUT2D eigenvalue weighted by atomic mass is 10.2. The van der Waals surface area contributed by atoms with Crippen molar-refractivity contribution in [2.75, 3.05) is 0 Å². The molecule has 2 rings (SSSR count). The first-order valence-corrected chi connectivity index (χ1v) is 7.00. The van der Waals surface area contributed by atoms with Crippen LogP contribution in [-0.4, -0.2) is 15.1 Å². The lowest BCUT2D eigenvalue weighted by Gasteiger charge is -1.99. The molecule has 0 radical (unpaired) electrons. The Hall–Kier alpha value is -0.880. The molecule has 17 heavy (non-hydrogen) atoms. The van der Waals surface area contributed by atoms with Gasteiger partial charge in [0.1, 0.15) is 5.03 Å². The summed E-state index contributed by atoms with van der Waals surface area (Å²) in [6, 6.07) is 3.85. The second-order valence-corrected chi connectivity index (χ2v) is 5.60. The van der Waals surface area contributed by atoms with Crippen LogP contribution < -0.4 is 0 Å². The van der Waals surface area contributed by atoms with Crippen LogP contribution in [0.3, 0.4) is 0 Å². The first-order valence-electron chi connectivity index (χ1n) is 5.22. The second kappa shape index (κ2) is 5.64. The molecule has 0 unspecified atom stereocenters. The van der Waals surface area contributed by atoms with Gasteiger partial charge in [0.15, 0.2) is 5.82 Å². The molecule has 0 fully saturated rings. The van der Waals surface area contributed by atoms with Gasteiger partial charge in [0.2, 0.25) is 5.89 Å². The third-order valence-electron chi connectivity index (χ3n) is 2.04. The number of thioether (sulfide) groups is 1. The molecule has 0 aliphatic rings. The van der Waals surface area contributed by atoms with Gasteiger partial charge in [-0.05, 0) is 28.1 Å². The summed E-state index contributed by atoms with van der Waals surface area (Å²) in [4.78, 5) is 8.58. The lowest BCUT2D eigenvalue weighted by Crippen LogP contribution is -1.89. The highest BCUT2D eigenvalue weighted by Gasteiger charge is 2.10. The Morgan fingerprint density at radius 2 is 2.29 bits per heavy atom. The number of hydrogen-bond acceptors (Lipinski definition) is 5. The number of pyridine rings is 1. The maximum Gasteiger partial charge on any atom is 0.229 e. The standard InChI is InChI=1S/C11H12BrN3OS/c1-7(2)10-14-9(15-16-10)6-17-11-8(12)4-3-5-13-11/h3-5,7H,6H2,1-2H3. The van der Waals surface area contributed by atoms with Crippen molar-refractivity contribution in [3.8, 4) is 0 Å². The third-order valence-corrected chi connectivity index (χ3v) is 3.94. The van der Waals surface area contributed by atoms with Crippen LogP contribution in [-0.2, 0) is 5.75 Å². The summed E-state index contributed by atoms with van der Waals surface area (Å²) in [5.74, 6) is 2.31. The van der Waals surface area contributed by atoms with E-state index in [-0.39, 0.29) is 5.92 Å². The van der Waals surface area contributed by atoms with Gasteiger partial charge in [0, 0.05) is 16.6 Å². The molecule has 0 aromatic carbocycles. The average Bonchev–Trinajstić information content (AvgIpc) is 2.77. The lowest BCUT2D eigenvalue weighted by molar-refractivity contribution is 0.362. The van der Waals surface area contributed by atoms with E-state index in [0.29, 0.717) is 17.5 Å². The van der Waals surface area contributed by atoms with Crippen LogP contribution in [0.25, 0.3) is 0 Å². The summed E-state index contributed by atoms with van der Waals surface area (Å²) in [7, 11) is 0. The molecule has 2 aromatic rings. The summed E-state index contributed by atoms with van der Waals surface area (Å²) in [6.45, 7) is 4.06. The van der Waals surface area contributed by atoms with Crippen molar-refractivity contribution in [3.63, 3.8) is 0 Å². The molecule has 0 N–H and O–H groups in total. The minimum atomic E-state index is 0.267. The van der Waals surface area contributed by atoms with E-state index in [9.17, 15) is 0 Å². The van der Waals surface area contributed by atoms with Crippen molar-refractivity contribution >= 4 is 27.7 Å². The molecule has 2 heterocycles. The van der Waals surface area contributed by atoms with Crippen LogP contribution in [0.5, 0.6) is 0 Å². The number of aromatic nitrogens is 3. The number of rotatable bonds is 4. The van der Waals surface area contributed by atoms with E-state index in [1.165, 1.54) is 0 Å². The van der Waals surface area contributed by atoms with E-state index in [2.05, 4.69) is 31.1 Å². The van der Waals surface area contributed by atoms with E-state index in [1.54, 1.807) is 18.0 Å². The molecule has 0 bridgehead atoms. The van der Waals surface area contributed by atoms with E-state index < -0.39 is 0 Å². The molecule has 0 saturated heterocycles. The van der Waals surface area contributed by atoms with Gasteiger partial charge in [0.25, 0.3) is 0 Å². The van der Waals surface area contributed by atoms with Gasteiger partial charge in [-0.3, -0.25) is 0 Å². The minimum Gasteiger partial charge on any atom is -0.339 e. The van der Waals surface area contributed by atoms with Crippen molar-refractivity contribution < 1.29 is 4.52 Å². The highest BCUT2D eigenvalue weighted by molar-refractivity contribution is 9.10. The fourth-order valence-corrected chi connectivity index (χ4v) is 2.49. The van der Waals surface area contributed by atoms with Crippen molar-refractivity contribution in [3.05, 3.63) is 34.5 Å². The molecule has 0 spiro atoms. The van der Waals surface area contributed by atoms with E-state index in [0.717, 1.165) is 9.50 Å². The van der Waals surface area contributed by atoms with Crippen molar-refractivity contribution in [2.24, 2.45) is 0 Å². The monoisotopic (exact) mass is 313 g/mol. The third kappa shape index (κ3) is 3.29. The van der Waals surface area contributed by atoms with Gasteiger partial charge < -0.3 is 4.52 Å². The molecular formula is C11H12BrN3OS. The quantitative estimate of drug-likeness (QED) is 0.806. The Morgan fingerprint density at radius 1 is 1.47 bits per heavy atom. The highest BCUT2D eigenvalue weighted by Crippen LogP contribution is 2.27. The molecule has 2 aromatic heterocycles. The number of halogens is 1. The van der Waals surface area contributed by atoms with Crippen LogP contribution in [0.15, 0.2) is 32.4 Å². The first-order chi connectivity index (χ1) is 8.16. The van der Waals surface area contributed by atoms with Gasteiger partial charge >= 0.3 is 0 Å². The molecule has 0 amide bonds. The van der Waals surface area contributed by atoms with Gasteiger partial charge in [-0.25, -0.2) is 4.98 Å². The predicted octanol–water partition coefficient (Wildman–Crippen LogP) is 3.64. The Bertz CT molecular complexity index is 501. The largest absolute Gasteiger partial charge is 0.339 e. The maximum absolute atomic E-state index is 5.14. The molecule has 0 saturated carbocycles. The van der Waals surface area contributed by atoms with Crippen molar-refractivity contribution in [1.82, 2.24) is 15.1 Å². The van der Waals surface area contributed by atoms with Crippen LogP contribution in [0, 0.1) is 0 Å². The zero-order valence-electron chi connectivity index (χ0n) is 9.55. The van der Waals surface area contributed by atoms with Crippen LogP contribution in [0.4, 0.5) is 0 Å². The maximum atomic E-state index is 5.14. The molecule has 0 atom stereocenters. The Morgan fingerprint density at radius 3 is 2.94 bits per heavy atom. The summed E-state index contributed by atoms with van der Waals surface area (Å²) in [5, 5.41) is 4.87. The molecule has 0 aliphatic carbocycles. The smallest absolute Gasteiger partial charge is 0.229 e. The van der Waals surface area contributed by atoms with Crippen LogP contribution >= 0.6 is 27.7 Å². The number of nitrogens with zero attached hydrogens (tertiary/aromatic N) is 3. The Balaban J connectivity index is 2.00.